The number of anilines is 1. The number of aromatic amines is 1. The monoisotopic (exact) mass is 275 g/mol. The first-order valence-corrected chi connectivity index (χ1v) is 6.60. The first-order valence-electron chi connectivity index (χ1n) is 5.78. The molecule has 0 fully saturated rings. The summed E-state index contributed by atoms with van der Waals surface area (Å²) in [7, 11) is 0. The summed E-state index contributed by atoms with van der Waals surface area (Å²) >= 11 is 1.34. The van der Waals surface area contributed by atoms with Crippen LogP contribution < -0.4 is 11.4 Å². The molecule has 98 valence electrons. The van der Waals surface area contributed by atoms with Crippen molar-refractivity contribution < 1.29 is 0 Å². The van der Waals surface area contributed by atoms with Crippen LogP contribution in [0.25, 0.3) is 0 Å². The molecule has 0 atom stereocenters. The number of nitrogens with two attached hydrogens (primary N) is 1. The SMILES string of the molecule is CCCn1c(Sc2ccc(C#N)c(N)c2)n[nH]c1=O. The Hall–Kier alpha value is -2.20. The van der Waals surface area contributed by atoms with E-state index in [0.29, 0.717) is 23.0 Å². The van der Waals surface area contributed by atoms with E-state index in [4.69, 9.17) is 11.0 Å². The van der Waals surface area contributed by atoms with Gasteiger partial charge in [0.15, 0.2) is 5.16 Å². The van der Waals surface area contributed by atoms with Crippen LogP contribution in [0.15, 0.2) is 33.0 Å². The van der Waals surface area contributed by atoms with Crippen molar-refractivity contribution in [1.82, 2.24) is 14.8 Å². The molecule has 0 bridgehead atoms. The highest BCUT2D eigenvalue weighted by Crippen LogP contribution is 2.27. The number of rotatable bonds is 4. The summed E-state index contributed by atoms with van der Waals surface area (Å²) in [6.07, 6.45) is 0.850. The van der Waals surface area contributed by atoms with E-state index in [1.807, 2.05) is 13.0 Å². The summed E-state index contributed by atoms with van der Waals surface area (Å²) in [4.78, 5) is 12.4. The first kappa shape index (κ1) is 13.2. The molecule has 0 amide bonds. The molecular formula is C12H13N5OS. The predicted molar refractivity (Wildman–Crippen MR) is 72.8 cm³/mol. The predicted octanol–water partition coefficient (Wildman–Crippen LogP) is 1.59. The summed E-state index contributed by atoms with van der Waals surface area (Å²) < 4.78 is 1.58. The Labute approximate surface area is 114 Å². The third-order valence-corrected chi connectivity index (χ3v) is 3.51. The second-order valence-electron chi connectivity index (χ2n) is 3.93. The quantitative estimate of drug-likeness (QED) is 0.825. The van der Waals surface area contributed by atoms with Gasteiger partial charge in [-0.2, -0.15) is 5.26 Å². The van der Waals surface area contributed by atoms with Gasteiger partial charge < -0.3 is 5.73 Å². The Morgan fingerprint density at radius 3 is 3.00 bits per heavy atom. The second-order valence-corrected chi connectivity index (χ2v) is 4.97. The average molecular weight is 275 g/mol. The lowest BCUT2D eigenvalue weighted by Gasteiger charge is -2.05. The van der Waals surface area contributed by atoms with Gasteiger partial charge >= 0.3 is 5.69 Å². The number of H-pyrrole nitrogens is 1. The van der Waals surface area contributed by atoms with Crippen molar-refractivity contribution in [3.63, 3.8) is 0 Å². The average Bonchev–Trinajstić information content (AvgIpc) is 2.72. The summed E-state index contributed by atoms with van der Waals surface area (Å²) in [6.45, 7) is 2.61. The van der Waals surface area contributed by atoms with E-state index in [1.54, 1.807) is 22.8 Å². The zero-order valence-electron chi connectivity index (χ0n) is 10.4. The number of nitrogens with zero attached hydrogens (tertiary/aromatic N) is 3. The number of nitrogens with one attached hydrogen (secondary N) is 1. The van der Waals surface area contributed by atoms with Crippen LogP contribution in [-0.2, 0) is 6.54 Å². The molecule has 6 nitrogen and oxygen atoms in total. The van der Waals surface area contributed by atoms with Crippen molar-refractivity contribution >= 4 is 17.4 Å². The number of hydrogen-bond acceptors (Lipinski definition) is 5. The smallest absolute Gasteiger partial charge is 0.343 e. The molecule has 0 aliphatic rings. The molecular weight excluding hydrogens is 262 g/mol. The molecule has 0 spiro atoms. The van der Waals surface area contributed by atoms with Crippen molar-refractivity contribution in [2.45, 2.75) is 29.9 Å². The number of hydrogen-bond donors (Lipinski definition) is 2. The Morgan fingerprint density at radius 2 is 2.37 bits per heavy atom. The third kappa shape index (κ3) is 2.80. The number of nitriles is 1. The van der Waals surface area contributed by atoms with Crippen LogP contribution >= 0.6 is 11.8 Å². The van der Waals surface area contributed by atoms with Crippen LogP contribution in [0, 0.1) is 11.3 Å². The Kier molecular flexibility index (Phi) is 3.92. The van der Waals surface area contributed by atoms with Gasteiger partial charge in [-0.25, -0.2) is 9.89 Å². The maximum absolute atomic E-state index is 11.6. The largest absolute Gasteiger partial charge is 0.398 e. The van der Waals surface area contributed by atoms with E-state index >= 15 is 0 Å². The highest BCUT2D eigenvalue weighted by atomic mass is 32.2. The van der Waals surface area contributed by atoms with Crippen molar-refractivity contribution in [3.8, 4) is 6.07 Å². The summed E-state index contributed by atoms with van der Waals surface area (Å²) in [5.41, 5.74) is 6.40. The van der Waals surface area contributed by atoms with Crippen LogP contribution in [0.3, 0.4) is 0 Å². The molecule has 1 heterocycles. The topological polar surface area (TPSA) is 100 Å². The van der Waals surface area contributed by atoms with Gasteiger partial charge in [-0.3, -0.25) is 4.57 Å². The van der Waals surface area contributed by atoms with Crippen molar-refractivity contribution in [2.75, 3.05) is 5.73 Å². The molecule has 19 heavy (non-hydrogen) atoms. The minimum atomic E-state index is -0.217. The Bertz CT molecular complexity index is 682. The molecule has 0 saturated carbocycles. The molecule has 0 saturated heterocycles. The maximum Gasteiger partial charge on any atom is 0.343 e. The van der Waals surface area contributed by atoms with Crippen molar-refractivity contribution in [2.24, 2.45) is 0 Å². The van der Waals surface area contributed by atoms with Crippen LogP contribution in [0.5, 0.6) is 0 Å². The van der Waals surface area contributed by atoms with Gasteiger partial charge in [0.25, 0.3) is 0 Å². The standard InChI is InChI=1S/C12H13N5OS/c1-2-5-17-11(18)15-16-12(17)19-9-4-3-8(7-13)10(14)6-9/h3-4,6H,2,5,14H2,1H3,(H,15,18). The lowest BCUT2D eigenvalue weighted by Crippen LogP contribution is -2.17. The summed E-state index contributed by atoms with van der Waals surface area (Å²) in [5, 5.41) is 15.8. The fraction of sp³-hybridized carbons (Fsp3) is 0.250. The van der Waals surface area contributed by atoms with Crippen LogP contribution in [0.2, 0.25) is 0 Å². The van der Waals surface area contributed by atoms with Crippen LogP contribution in [0.4, 0.5) is 5.69 Å². The minimum Gasteiger partial charge on any atom is -0.398 e. The van der Waals surface area contributed by atoms with Gasteiger partial charge in [0.1, 0.15) is 6.07 Å². The highest BCUT2D eigenvalue weighted by molar-refractivity contribution is 7.99. The lowest BCUT2D eigenvalue weighted by atomic mass is 10.2. The number of nitrogen functional groups attached to an aromatic ring is 1. The minimum absolute atomic E-state index is 0.217. The summed E-state index contributed by atoms with van der Waals surface area (Å²) in [5.74, 6) is 0. The van der Waals surface area contributed by atoms with Gasteiger partial charge in [-0.05, 0) is 36.4 Å². The molecule has 7 heteroatoms. The number of benzene rings is 1. The van der Waals surface area contributed by atoms with E-state index in [1.165, 1.54) is 11.8 Å². The fourth-order valence-corrected chi connectivity index (χ4v) is 2.52. The number of aromatic nitrogens is 3. The van der Waals surface area contributed by atoms with E-state index in [9.17, 15) is 4.79 Å². The molecule has 0 radical (unpaired) electrons. The Morgan fingerprint density at radius 1 is 1.58 bits per heavy atom. The molecule has 0 aliphatic heterocycles. The van der Waals surface area contributed by atoms with E-state index in [2.05, 4.69) is 10.2 Å². The molecule has 0 aliphatic carbocycles. The lowest BCUT2D eigenvalue weighted by molar-refractivity contribution is 0.604. The second kappa shape index (κ2) is 5.63. The van der Waals surface area contributed by atoms with Gasteiger partial charge in [0.2, 0.25) is 0 Å². The fourth-order valence-electron chi connectivity index (χ4n) is 1.61. The maximum atomic E-state index is 11.6. The third-order valence-electron chi connectivity index (χ3n) is 2.52. The summed E-state index contributed by atoms with van der Waals surface area (Å²) in [6, 6.07) is 7.16. The molecule has 2 rings (SSSR count). The highest BCUT2D eigenvalue weighted by Gasteiger charge is 2.10. The van der Waals surface area contributed by atoms with E-state index in [0.717, 1.165) is 11.3 Å². The van der Waals surface area contributed by atoms with Crippen molar-refractivity contribution in [1.29, 1.82) is 5.26 Å². The molecule has 2 aromatic rings. The Balaban J connectivity index is 2.29. The van der Waals surface area contributed by atoms with Crippen LogP contribution in [-0.4, -0.2) is 14.8 Å². The van der Waals surface area contributed by atoms with Gasteiger partial charge in [-0.1, -0.05) is 6.92 Å². The van der Waals surface area contributed by atoms with Gasteiger partial charge in [-0.15, -0.1) is 5.10 Å². The zero-order valence-corrected chi connectivity index (χ0v) is 11.2. The van der Waals surface area contributed by atoms with Crippen LogP contribution in [0.1, 0.15) is 18.9 Å². The molecule has 3 N–H and O–H groups in total. The molecule has 0 unspecified atom stereocenters. The first-order chi connectivity index (χ1) is 9.15. The normalized spacial score (nSPS) is 10.3. The van der Waals surface area contributed by atoms with Gasteiger partial charge in [0.05, 0.1) is 11.3 Å². The van der Waals surface area contributed by atoms with E-state index in [-0.39, 0.29) is 5.69 Å². The zero-order chi connectivity index (χ0) is 13.8. The molecule has 1 aromatic carbocycles. The van der Waals surface area contributed by atoms with E-state index < -0.39 is 0 Å². The van der Waals surface area contributed by atoms with Crippen molar-refractivity contribution in [3.05, 3.63) is 34.2 Å². The molecule has 1 aromatic heterocycles. The van der Waals surface area contributed by atoms with Gasteiger partial charge in [0, 0.05) is 11.4 Å².